The molecular weight excluding hydrogens is 200 g/mol. The number of aryl methyl sites for hydroxylation is 1. The number of nitrogens with zero attached hydrogens (tertiary/aromatic N) is 3. The summed E-state index contributed by atoms with van der Waals surface area (Å²) in [6.07, 6.45) is 7.52. The van der Waals surface area contributed by atoms with Crippen molar-refractivity contribution in [3.8, 4) is 0 Å². The van der Waals surface area contributed by atoms with E-state index in [0.29, 0.717) is 6.04 Å². The number of aromatic nitrogens is 2. The third kappa shape index (κ3) is 2.02. The van der Waals surface area contributed by atoms with E-state index in [2.05, 4.69) is 20.2 Å². The molecule has 1 saturated carbocycles. The monoisotopic (exact) mass is 218 g/mol. The molecule has 2 aliphatic rings. The Morgan fingerprint density at radius 1 is 1.25 bits per heavy atom. The zero-order valence-corrected chi connectivity index (χ0v) is 9.69. The summed E-state index contributed by atoms with van der Waals surface area (Å²) in [5, 5.41) is 3.51. The summed E-state index contributed by atoms with van der Waals surface area (Å²) in [5.74, 6) is 0.949. The van der Waals surface area contributed by atoms with Crippen LogP contribution < -0.4 is 5.32 Å². The van der Waals surface area contributed by atoms with Crippen molar-refractivity contribution in [1.82, 2.24) is 14.9 Å². The predicted octanol–water partition coefficient (Wildman–Crippen LogP) is 1.43. The lowest BCUT2D eigenvalue weighted by atomic mass is 10.2. The molecule has 1 aliphatic carbocycles. The largest absolute Gasteiger partial charge is 0.365 e. The molecule has 1 unspecified atom stereocenters. The van der Waals surface area contributed by atoms with Gasteiger partial charge in [-0.3, -0.25) is 9.88 Å². The van der Waals surface area contributed by atoms with Crippen molar-refractivity contribution in [2.24, 2.45) is 0 Å². The average molecular weight is 218 g/mol. The SMILES string of the molecule is Cc1nccnc1NC1CCN(C2CC2)C1. The zero-order valence-electron chi connectivity index (χ0n) is 9.69. The van der Waals surface area contributed by atoms with Crippen LogP contribution in [-0.2, 0) is 0 Å². The van der Waals surface area contributed by atoms with Gasteiger partial charge in [0.2, 0.25) is 0 Å². The highest BCUT2D eigenvalue weighted by Gasteiger charge is 2.34. The molecule has 2 heterocycles. The van der Waals surface area contributed by atoms with Gasteiger partial charge >= 0.3 is 0 Å². The smallest absolute Gasteiger partial charge is 0.147 e. The first-order chi connectivity index (χ1) is 7.83. The Morgan fingerprint density at radius 2 is 2.06 bits per heavy atom. The summed E-state index contributed by atoms with van der Waals surface area (Å²) in [5.41, 5.74) is 0.993. The highest BCUT2D eigenvalue weighted by molar-refractivity contribution is 5.39. The molecule has 3 rings (SSSR count). The summed E-state index contributed by atoms with van der Waals surface area (Å²) in [7, 11) is 0. The van der Waals surface area contributed by atoms with Crippen molar-refractivity contribution in [1.29, 1.82) is 0 Å². The van der Waals surface area contributed by atoms with E-state index in [0.717, 1.165) is 17.6 Å². The summed E-state index contributed by atoms with van der Waals surface area (Å²) < 4.78 is 0. The molecule has 0 bridgehead atoms. The topological polar surface area (TPSA) is 41.1 Å². The summed E-state index contributed by atoms with van der Waals surface area (Å²) in [6, 6.07) is 1.44. The Bertz CT molecular complexity index is 375. The fraction of sp³-hybridized carbons (Fsp3) is 0.667. The lowest BCUT2D eigenvalue weighted by Crippen LogP contribution is -2.28. The molecule has 16 heavy (non-hydrogen) atoms. The highest BCUT2D eigenvalue weighted by Crippen LogP contribution is 2.30. The second kappa shape index (κ2) is 4.01. The van der Waals surface area contributed by atoms with Gasteiger partial charge in [-0.1, -0.05) is 0 Å². The molecule has 1 aliphatic heterocycles. The maximum atomic E-state index is 4.34. The van der Waals surface area contributed by atoms with Crippen LogP contribution in [0, 0.1) is 6.92 Å². The summed E-state index contributed by atoms with van der Waals surface area (Å²) in [4.78, 5) is 11.2. The molecule has 1 aromatic rings. The maximum Gasteiger partial charge on any atom is 0.147 e. The Kier molecular flexibility index (Phi) is 2.52. The van der Waals surface area contributed by atoms with Gasteiger partial charge in [-0.05, 0) is 26.2 Å². The van der Waals surface area contributed by atoms with Crippen LogP contribution in [0.15, 0.2) is 12.4 Å². The molecule has 1 atom stereocenters. The fourth-order valence-corrected chi connectivity index (χ4v) is 2.42. The van der Waals surface area contributed by atoms with Crippen molar-refractivity contribution in [3.63, 3.8) is 0 Å². The lowest BCUT2D eigenvalue weighted by Gasteiger charge is -2.16. The van der Waals surface area contributed by atoms with E-state index in [1.165, 1.54) is 32.4 Å². The molecular formula is C12H18N4. The summed E-state index contributed by atoms with van der Waals surface area (Å²) in [6.45, 7) is 4.41. The fourth-order valence-electron chi connectivity index (χ4n) is 2.42. The Labute approximate surface area is 96.1 Å². The molecule has 1 aromatic heterocycles. The van der Waals surface area contributed by atoms with Crippen molar-refractivity contribution < 1.29 is 0 Å². The van der Waals surface area contributed by atoms with E-state index >= 15 is 0 Å². The van der Waals surface area contributed by atoms with Crippen LogP contribution in [0.5, 0.6) is 0 Å². The second-order valence-electron chi connectivity index (χ2n) is 4.85. The Morgan fingerprint density at radius 3 is 2.81 bits per heavy atom. The predicted molar refractivity (Wildman–Crippen MR) is 63.4 cm³/mol. The first kappa shape index (κ1) is 10.0. The Hall–Kier alpha value is -1.16. The minimum Gasteiger partial charge on any atom is -0.365 e. The second-order valence-corrected chi connectivity index (χ2v) is 4.85. The molecule has 2 fully saturated rings. The third-order valence-electron chi connectivity index (χ3n) is 3.50. The van der Waals surface area contributed by atoms with E-state index in [1.54, 1.807) is 12.4 Å². The average Bonchev–Trinajstić information content (AvgIpc) is 3.03. The van der Waals surface area contributed by atoms with Crippen molar-refractivity contribution in [2.75, 3.05) is 18.4 Å². The van der Waals surface area contributed by atoms with Crippen LogP contribution in [0.1, 0.15) is 25.0 Å². The summed E-state index contributed by atoms with van der Waals surface area (Å²) >= 11 is 0. The minimum absolute atomic E-state index is 0.552. The Balaban J connectivity index is 1.61. The molecule has 1 saturated heterocycles. The van der Waals surface area contributed by atoms with E-state index < -0.39 is 0 Å². The van der Waals surface area contributed by atoms with Crippen molar-refractivity contribution in [2.45, 2.75) is 38.3 Å². The van der Waals surface area contributed by atoms with Gasteiger partial charge in [-0.2, -0.15) is 0 Å². The van der Waals surface area contributed by atoms with Crippen LogP contribution in [0.25, 0.3) is 0 Å². The molecule has 4 nitrogen and oxygen atoms in total. The quantitative estimate of drug-likeness (QED) is 0.833. The minimum atomic E-state index is 0.552. The zero-order chi connectivity index (χ0) is 11.0. The van der Waals surface area contributed by atoms with Gasteiger partial charge < -0.3 is 5.32 Å². The van der Waals surface area contributed by atoms with Crippen LogP contribution >= 0.6 is 0 Å². The van der Waals surface area contributed by atoms with Gasteiger partial charge in [0.1, 0.15) is 5.82 Å². The number of likely N-dealkylation sites (tertiary alicyclic amines) is 1. The first-order valence-electron chi connectivity index (χ1n) is 6.11. The normalized spacial score (nSPS) is 25.9. The number of anilines is 1. The third-order valence-corrected chi connectivity index (χ3v) is 3.50. The van der Waals surface area contributed by atoms with Crippen LogP contribution in [0.3, 0.4) is 0 Å². The first-order valence-corrected chi connectivity index (χ1v) is 6.11. The van der Waals surface area contributed by atoms with Gasteiger partial charge in [-0.25, -0.2) is 4.98 Å². The van der Waals surface area contributed by atoms with Crippen molar-refractivity contribution in [3.05, 3.63) is 18.1 Å². The van der Waals surface area contributed by atoms with Crippen LogP contribution in [0.4, 0.5) is 5.82 Å². The maximum absolute atomic E-state index is 4.34. The van der Waals surface area contributed by atoms with E-state index in [9.17, 15) is 0 Å². The number of rotatable bonds is 3. The van der Waals surface area contributed by atoms with E-state index in [1.807, 2.05) is 6.92 Å². The molecule has 0 amide bonds. The number of nitrogens with one attached hydrogen (secondary N) is 1. The van der Waals surface area contributed by atoms with Crippen LogP contribution in [-0.4, -0.2) is 40.0 Å². The number of hydrogen-bond donors (Lipinski definition) is 1. The van der Waals surface area contributed by atoms with Gasteiger partial charge in [0, 0.05) is 37.6 Å². The van der Waals surface area contributed by atoms with E-state index in [4.69, 9.17) is 0 Å². The molecule has 0 aromatic carbocycles. The van der Waals surface area contributed by atoms with Gasteiger partial charge in [-0.15, -0.1) is 0 Å². The van der Waals surface area contributed by atoms with Crippen LogP contribution in [0.2, 0.25) is 0 Å². The van der Waals surface area contributed by atoms with Gasteiger partial charge in [0.05, 0.1) is 5.69 Å². The van der Waals surface area contributed by atoms with Gasteiger partial charge in [0.25, 0.3) is 0 Å². The van der Waals surface area contributed by atoms with Gasteiger partial charge in [0.15, 0.2) is 0 Å². The van der Waals surface area contributed by atoms with Crippen molar-refractivity contribution >= 4 is 5.82 Å². The molecule has 0 spiro atoms. The molecule has 1 N–H and O–H groups in total. The highest BCUT2D eigenvalue weighted by atomic mass is 15.2. The lowest BCUT2D eigenvalue weighted by molar-refractivity contribution is 0.326. The molecule has 0 radical (unpaired) electrons. The number of hydrogen-bond acceptors (Lipinski definition) is 4. The molecule has 86 valence electrons. The standard InChI is InChI=1S/C12H18N4/c1-9-12(14-6-5-13-9)15-10-4-7-16(8-10)11-2-3-11/h5-6,10-11H,2-4,7-8H2,1H3,(H,14,15). The molecule has 4 heteroatoms. The van der Waals surface area contributed by atoms with E-state index in [-0.39, 0.29) is 0 Å².